The van der Waals surface area contributed by atoms with E-state index in [9.17, 15) is 9.18 Å². The number of ketones is 1. The third-order valence-electron chi connectivity index (χ3n) is 1.52. The SMILES string of the molecule is NCC(=O)c1cc(O)c(Cl)c(F)c1. The smallest absolute Gasteiger partial charge is 0.176 e. The molecule has 3 N–H and O–H groups in total. The van der Waals surface area contributed by atoms with Crippen molar-refractivity contribution in [1.82, 2.24) is 0 Å². The van der Waals surface area contributed by atoms with Crippen LogP contribution in [0.5, 0.6) is 5.75 Å². The Kier molecular flexibility index (Phi) is 2.85. The Morgan fingerprint density at radius 3 is 2.69 bits per heavy atom. The summed E-state index contributed by atoms with van der Waals surface area (Å²) >= 11 is 5.33. The monoisotopic (exact) mass is 203 g/mol. The van der Waals surface area contributed by atoms with E-state index in [0.717, 1.165) is 12.1 Å². The first kappa shape index (κ1) is 9.95. The molecule has 3 nitrogen and oxygen atoms in total. The molecule has 0 aromatic heterocycles. The van der Waals surface area contributed by atoms with E-state index in [1.165, 1.54) is 0 Å². The fourth-order valence-electron chi connectivity index (χ4n) is 0.853. The molecule has 0 aliphatic rings. The van der Waals surface area contributed by atoms with Crippen LogP contribution in [0.15, 0.2) is 12.1 Å². The quantitative estimate of drug-likeness (QED) is 0.713. The first-order chi connectivity index (χ1) is 6.06. The van der Waals surface area contributed by atoms with Gasteiger partial charge in [-0.1, -0.05) is 11.6 Å². The molecule has 0 amide bonds. The van der Waals surface area contributed by atoms with Crippen molar-refractivity contribution in [2.24, 2.45) is 5.73 Å². The third kappa shape index (κ3) is 1.96. The van der Waals surface area contributed by atoms with E-state index in [1.807, 2.05) is 0 Å². The van der Waals surface area contributed by atoms with Gasteiger partial charge in [0.1, 0.15) is 16.6 Å². The van der Waals surface area contributed by atoms with Crippen LogP contribution in [0.2, 0.25) is 5.02 Å². The standard InChI is InChI=1S/C8H7ClFNO2/c9-8-5(10)1-4(2-6(8)12)7(13)3-11/h1-2,12H,3,11H2. The number of hydrogen-bond donors (Lipinski definition) is 2. The lowest BCUT2D eigenvalue weighted by molar-refractivity contribution is 0.100. The fraction of sp³-hybridized carbons (Fsp3) is 0.125. The highest BCUT2D eigenvalue weighted by molar-refractivity contribution is 6.32. The summed E-state index contributed by atoms with van der Waals surface area (Å²) in [4.78, 5) is 11.0. The zero-order chi connectivity index (χ0) is 10.0. The Hall–Kier alpha value is -1.13. The Morgan fingerprint density at radius 2 is 2.23 bits per heavy atom. The number of benzene rings is 1. The number of Topliss-reactive ketones (excluding diaryl/α,β-unsaturated/α-hetero) is 1. The van der Waals surface area contributed by atoms with E-state index >= 15 is 0 Å². The topological polar surface area (TPSA) is 63.3 Å². The van der Waals surface area contributed by atoms with Crippen molar-refractivity contribution in [3.8, 4) is 5.75 Å². The van der Waals surface area contributed by atoms with E-state index in [2.05, 4.69) is 0 Å². The van der Waals surface area contributed by atoms with Gasteiger partial charge < -0.3 is 10.8 Å². The van der Waals surface area contributed by atoms with Crippen LogP contribution in [0.4, 0.5) is 4.39 Å². The van der Waals surface area contributed by atoms with Gasteiger partial charge in [-0.3, -0.25) is 4.79 Å². The maximum atomic E-state index is 12.9. The Morgan fingerprint density at radius 1 is 1.62 bits per heavy atom. The molecule has 1 rings (SSSR count). The van der Waals surface area contributed by atoms with Gasteiger partial charge in [0, 0.05) is 5.56 Å². The molecule has 0 spiro atoms. The van der Waals surface area contributed by atoms with Gasteiger partial charge in [0.25, 0.3) is 0 Å². The van der Waals surface area contributed by atoms with Crippen LogP contribution in [-0.2, 0) is 0 Å². The van der Waals surface area contributed by atoms with Crippen molar-refractivity contribution < 1.29 is 14.3 Å². The van der Waals surface area contributed by atoms with Crippen LogP contribution in [0, 0.1) is 5.82 Å². The molecule has 1 aromatic carbocycles. The summed E-state index contributed by atoms with van der Waals surface area (Å²) in [7, 11) is 0. The van der Waals surface area contributed by atoms with E-state index < -0.39 is 22.4 Å². The van der Waals surface area contributed by atoms with Crippen LogP contribution in [-0.4, -0.2) is 17.4 Å². The van der Waals surface area contributed by atoms with Crippen molar-refractivity contribution >= 4 is 17.4 Å². The maximum Gasteiger partial charge on any atom is 0.176 e. The van der Waals surface area contributed by atoms with Crippen LogP contribution >= 0.6 is 11.6 Å². The summed E-state index contributed by atoms with van der Waals surface area (Å²) in [5, 5.41) is 8.67. The highest BCUT2D eigenvalue weighted by Crippen LogP contribution is 2.27. The average Bonchev–Trinajstić information content (AvgIpc) is 2.12. The Bertz CT molecular complexity index is 331. The highest BCUT2D eigenvalue weighted by atomic mass is 35.5. The van der Waals surface area contributed by atoms with Crippen LogP contribution in [0.3, 0.4) is 0 Å². The lowest BCUT2D eigenvalue weighted by Crippen LogP contribution is -2.13. The van der Waals surface area contributed by atoms with Gasteiger partial charge in [0.05, 0.1) is 6.54 Å². The molecule has 13 heavy (non-hydrogen) atoms. The van der Waals surface area contributed by atoms with E-state index in [1.54, 1.807) is 0 Å². The van der Waals surface area contributed by atoms with Crippen molar-refractivity contribution in [3.63, 3.8) is 0 Å². The summed E-state index contributed by atoms with van der Waals surface area (Å²) in [6.45, 7) is -0.236. The number of carbonyl (C=O) groups is 1. The lowest BCUT2D eigenvalue weighted by Gasteiger charge is -2.02. The molecule has 1 aromatic rings. The first-order valence-electron chi connectivity index (χ1n) is 3.47. The van der Waals surface area contributed by atoms with Crippen LogP contribution in [0.1, 0.15) is 10.4 Å². The summed E-state index contributed by atoms with van der Waals surface area (Å²) in [5.74, 6) is -1.75. The minimum atomic E-state index is -0.835. The van der Waals surface area contributed by atoms with Gasteiger partial charge in [0.15, 0.2) is 5.78 Å². The summed E-state index contributed by atoms with van der Waals surface area (Å²) in [6, 6.07) is 2.03. The molecule has 70 valence electrons. The molecule has 0 unspecified atom stereocenters. The molecule has 5 heteroatoms. The number of nitrogens with two attached hydrogens (primary N) is 1. The molecule has 0 saturated carbocycles. The number of phenols is 1. The second-order valence-corrected chi connectivity index (χ2v) is 2.80. The van der Waals surface area contributed by atoms with E-state index in [-0.39, 0.29) is 12.1 Å². The molecule has 0 aliphatic heterocycles. The molecule has 0 fully saturated rings. The summed E-state index contributed by atoms with van der Waals surface area (Å²) in [5.41, 5.74) is 5.07. The van der Waals surface area contributed by atoms with Gasteiger partial charge >= 0.3 is 0 Å². The minimum absolute atomic E-state index is 0.0156. The van der Waals surface area contributed by atoms with Crippen molar-refractivity contribution in [2.75, 3.05) is 6.54 Å². The predicted octanol–water partition coefficient (Wildman–Crippen LogP) is 1.33. The third-order valence-corrected chi connectivity index (χ3v) is 1.89. The summed E-state index contributed by atoms with van der Waals surface area (Å²) in [6.07, 6.45) is 0. The number of rotatable bonds is 2. The van der Waals surface area contributed by atoms with Crippen molar-refractivity contribution in [3.05, 3.63) is 28.5 Å². The molecule has 0 saturated heterocycles. The van der Waals surface area contributed by atoms with Gasteiger partial charge in [-0.25, -0.2) is 4.39 Å². The van der Waals surface area contributed by atoms with Crippen molar-refractivity contribution in [1.29, 1.82) is 0 Å². The normalized spacial score (nSPS) is 10.1. The molecule has 0 radical (unpaired) electrons. The second-order valence-electron chi connectivity index (χ2n) is 2.42. The number of halogens is 2. The average molecular weight is 204 g/mol. The van der Waals surface area contributed by atoms with Crippen molar-refractivity contribution in [2.45, 2.75) is 0 Å². The zero-order valence-electron chi connectivity index (χ0n) is 6.55. The molecule has 0 bridgehead atoms. The van der Waals surface area contributed by atoms with E-state index in [0.29, 0.717) is 0 Å². The Balaban J connectivity index is 3.20. The molecular formula is C8H7ClFNO2. The second kappa shape index (κ2) is 3.72. The summed E-state index contributed by atoms with van der Waals surface area (Å²) < 4.78 is 12.9. The lowest BCUT2D eigenvalue weighted by atomic mass is 10.1. The molecule has 0 heterocycles. The zero-order valence-corrected chi connectivity index (χ0v) is 7.31. The number of aromatic hydroxyl groups is 1. The number of hydrogen-bond acceptors (Lipinski definition) is 3. The van der Waals surface area contributed by atoms with Crippen LogP contribution in [0.25, 0.3) is 0 Å². The molecule has 0 aliphatic carbocycles. The van der Waals surface area contributed by atoms with E-state index in [4.69, 9.17) is 22.4 Å². The highest BCUT2D eigenvalue weighted by Gasteiger charge is 2.11. The van der Waals surface area contributed by atoms with Gasteiger partial charge in [0.2, 0.25) is 0 Å². The molecular weight excluding hydrogens is 197 g/mol. The minimum Gasteiger partial charge on any atom is -0.506 e. The van der Waals surface area contributed by atoms with Gasteiger partial charge in [-0.15, -0.1) is 0 Å². The molecule has 0 atom stereocenters. The van der Waals surface area contributed by atoms with Gasteiger partial charge in [-0.2, -0.15) is 0 Å². The fourth-order valence-corrected chi connectivity index (χ4v) is 0.963. The van der Waals surface area contributed by atoms with Crippen LogP contribution < -0.4 is 5.73 Å². The van der Waals surface area contributed by atoms with Gasteiger partial charge in [-0.05, 0) is 12.1 Å². The predicted molar refractivity (Wildman–Crippen MR) is 46.5 cm³/mol. The first-order valence-corrected chi connectivity index (χ1v) is 3.85. The Labute approximate surface area is 78.9 Å². The number of carbonyl (C=O) groups excluding carboxylic acids is 1. The maximum absolute atomic E-state index is 12.9. The largest absolute Gasteiger partial charge is 0.506 e. The number of phenolic OH excluding ortho intramolecular Hbond substituents is 1.